The first-order chi connectivity index (χ1) is 13.4. The number of aromatic hydroxyl groups is 1. The van der Waals surface area contributed by atoms with Crippen LogP contribution in [-0.2, 0) is 6.54 Å². The third kappa shape index (κ3) is 2.91. The Morgan fingerprint density at radius 1 is 1.32 bits per heavy atom. The van der Waals surface area contributed by atoms with Crippen LogP contribution in [0.1, 0.15) is 32.5 Å². The van der Waals surface area contributed by atoms with Crippen LogP contribution in [0.5, 0.6) is 5.75 Å². The molecular formula is C18H16F2N4O4. The number of aromatic nitrogens is 1. The fraction of sp³-hybridized carbons (Fsp3) is 0.278. The zero-order chi connectivity index (χ0) is 20.0. The van der Waals surface area contributed by atoms with Crippen molar-refractivity contribution in [3.63, 3.8) is 0 Å². The number of pyridine rings is 1. The van der Waals surface area contributed by atoms with Crippen LogP contribution in [0.3, 0.4) is 0 Å². The highest BCUT2D eigenvalue weighted by molar-refractivity contribution is 5.99. The number of carbonyl (C=O) groups is 2. The molecule has 0 radical (unpaired) electrons. The van der Waals surface area contributed by atoms with Crippen molar-refractivity contribution in [2.75, 3.05) is 19.8 Å². The van der Waals surface area contributed by atoms with Gasteiger partial charge in [0.2, 0.25) is 5.43 Å². The number of carbonyl (C=O) groups excluding carboxylic acids is 2. The van der Waals surface area contributed by atoms with E-state index in [0.29, 0.717) is 25.8 Å². The number of hydrogen-bond donors (Lipinski definition) is 3. The van der Waals surface area contributed by atoms with E-state index >= 15 is 0 Å². The van der Waals surface area contributed by atoms with Crippen molar-refractivity contribution < 1.29 is 23.5 Å². The second-order valence-corrected chi connectivity index (χ2v) is 6.69. The largest absolute Gasteiger partial charge is 0.503 e. The molecule has 1 fully saturated rings. The zero-order valence-electron chi connectivity index (χ0n) is 14.5. The minimum Gasteiger partial charge on any atom is -0.503 e. The molecule has 0 aliphatic carbocycles. The topological polar surface area (TPSA) is 104 Å². The SMILES string of the molecule is O=C(NCc1ccc(F)cc1F)c1cn2c(c(O)c1=O)C(=O)N1CNCC2C1. The number of nitrogens with one attached hydrogen (secondary N) is 2. The van der Waals surface area contributed by atoms with Crippen LogP contribution >= 0.6 is 0 Å². The van der Waals surface area contributed by atoms with Gasteiger partial charge >= 0.3 is 0 Å². The Morgan fingerprint density at radius 2 is 2.11 bits per heavy atom. The van der Waals surface area contributed by atoms with Gasteiger partial charge < -0.3 is 19.9 Å². The molecule has 2 aliphatic heterocycles. The molecule has 2 amide bonds. The Labute approximate surface area is 157 Å². The van der Waals surface area contributed by atoms with Crippen LogP contribution in [-0.4, -0.2) is 46.1 Å². The highest BCUT2D eigenvalue weighted by Crippen LogP contribution is 2.27. The second-order valence-electron chi connectivity index (χ2n) is 6.69. The summed E-state index contributed by atoms with van der Waals surface area (Å²) in [7, 11) is 0. The van der Waals surface area contributed by atoms with E-state index in [0.717, 1.165) is 6.07 Å². The first-order valence-corrected chi connectivity index (χ1v) is 8.57. The molecule has 4 rings (SSSR count). The monoisotopic (exact) mass is 390 g/mol. The summed E-state index contributed by atoms with van der Waals surface area (Å²) >= 11 is 0. The van der Waals surface area contributed by atoms with Gasteiger partial charge in [-0.3, -0.25) is 19.7 Å². The number of nitrogens with zero attached hydrogens (tertiary/aromatic N) is 2. The van der Waals surface area contributed by atoms with Gasteiger partial charge in [0.1, 0.15) is 17.2 Å². The smallest absolute Gasteiger partial charge is 0.275 e. The van der Waals surface area contributed by atoms with Gasteiger partial charge in [0.15, 0.2) is 11.4 Å². The molecule has 2 aromatic rings. The third-order valence-electron chi connectivity index (χ3n) is 4.91. The molecular weight excluding hydrogens is 374 g/mol. The lowest BCUT2D eigenvalue weighted by Gasteiger charge is -2.40. The maximum Gasteiger partial charge on any atom is 0.275 e. The Bertz CT molecular complexity index is 1050. The quantitative estimate of drug-likeness (QED) is 0.700. The molecule has 3 heterocycles. The average molecular weight is 390 g/mol. The van der Waals surface area contributed by atoms with Crippen molar-refractivity contribution in [1.29, 1.82) is 0 Å². The fourth-order valence-corrected chi connectivity index (χ4v) is 3.46. The molecule has 0 spiro atoms. The Balaban J connectivity index is 1.65. The van der Waals surface area contributed by atoms with Crippen LogP contribution in [0.15, 0.2) is 29.2 Å². The summed E-state index contributed by atoms with van der Waals surface area (Å²) in [4.78, 5) is 38.8. The molecule has 28 heavy (non-hydrogen) atoms. The van der Waals surface area contributed by atoms with Gasteiger partial charge in [0, 0.05) is 37.5 Å². The first-order valence-electron chi connectivity index (χ1n) is 8.57. The Kier molecular flexibility index (Phi) is 4.34. The minimum atomic E-state index is -0.981. The summed E-state index contributed by atoms with van der Waals surface area (Å²) in [6.45, 7) is 0.933. The Morgan fingerprint density at radius 3 is 2.86 bits per heavy atom. The molecule has 10 heteroatoms. The first kappa shape index (κ1) is 18.1. The normalized spacial score (nSPS) is 18.0. The lowest BCUT2D eigenvalue weighted by Crippen LogP contribution is -2.55. The van der Waals surface area contributed by atoms with Crippen molar-refractivity contribution >= 4 is 11.8 Å². The maximum absolute atomic E-state index is 13.7. The number of hydrogen-bond acceptors (Lipinski definition) is 5. The standard InChI is InChI=1S/C18H16F2N4O4/c19-10-2-1-9(13(20)3-10)4-22-17(27)12-7-24-11-5-21-8-23(6-11)18(28)14(24)16(26)15(12)25/h1-3,7,11,21,26H,4-6,8H2,(H,22,27). The summed E-state index contributed by atoms with van der Waals surface area (Å²) in [6, 6.07) is 2.68. The van der Waals surface area contributed by atoms with Crippen LogP contribution in [0.25, 0.3) is 0 Å². The second kappa shape index (κ2) is 6.71. The van der Waals surface area contributed by atoms with E-state index in [2.05, 4.69) is 10.6 Å². The van der Waals surface area contributed by atoms with E-state index in [-0.39, 0.29) is 29.4 Å². The van der Waals surface area contributed by atoms with E-state index < -0.39 is 34.6 Å². The summed E-state index contributed by atoms with van der Waals surface area (Å²) in [5, 5.41) is 15.7. The van der Waals surface area contributed by atoms with Gasteiger partial charge in [-0.15, -0.1) is 0 Å². The summed E-state index contributed by atoms with van der Waals surface area (Å²) in [5.74, 6) is -3.70. The summed E-state index contributed by atoms with van der Waals surface area (Å²) < 4.78 is 28.1. The van der Waals surface area contributed by atoms with Crippen LogP contribution in [0.4, 0.5) is 8.78 Å². The van der Waals surface area contributed by atoms with E-state index in [1.807, 2.05) is 0 Å². The van der Waals surface area contributed by atoms with E-state index in [1.54, 1.807) is 0 Å². The molecule has 0 saturated carbocycles. The van der Waals surface area contributed by atoms with Crippen molar-refractivity contribution in [3.05, 3.63) is 63.1 Å². The minimum absolute atomic E-state index is 0.0411. The molecule has 8 nitrogen and oxygen atoms in total. The van der Waals surface area contributed by atoms with E-state index in [4.69, 9.17) is 0 Å². The van der Waals surface area contributed by atoms with Gasteiger partial charge in [0.25, 0.3) is 11.8 Å². The average Bonchev–Trinajstić information content (AvgIpc) is 2.67. The maximum atomic E-state index is 13.7. The predicted octanol–water partition coefficient (Wildman–Crippen LogP) is 0.320. The van der Waals surface area contributed by atoms with Crippen LogP contribution in [0.2, 0.25) is 0 Å². The number of rotatable bonds is 3. The molecule has 1 aromatic carbocycles. The van der Waals surface area contributed by atoms with Crippen molar-refractivity contribution in [2.24, 2.45) is 0 Å². The third-order valence-corrected chi connectivity index (χ3v) is 4.91. The molecule has 2 aliphatic rings. The molecule has 1 atom stereocenters. The molecule has 146 valence electrons. The molecule has 1 unspecified atom stereocenters. The number of benzene rings is 1. The van der Waals surface area contributed by atoms with Gasteiger partial charge in [-0.1, -0.05) is 6.07 Å². The lowest BCUT2D eigenvalue weighted by atomic mass is 10.1. The summed E-state index contributed by atoms with van der Waals surface area (Å²) in [6.07, 6.45) is 1.24. The van der Waals surface area contributed by atoms with E-state index in [9.17, 15) is 28.3 Å². The van der Waals surface area contributed by atoms with Crippen molar-refractivity contribution in [3.8, 4) is 5.75 Å². The molecule has 3 N–H and O–H groups in total. The number of amides is 2. The highest BCUT2D eigenvalue weighted by atomic mass is 19.1. The fourth-order valence-electron chi connectivity index (χ4n) is 3.46. The van der Waals surface area contributed by atoms with Crippen LogP contribution in [0, 0.1) is 11.6 Å². The zero-order valence-corrected chi connectivity index (χ0v) is 14.5. The van der Waals surface area contributed by atoms with Gasteiger partial charge in [-0.2, -0.15) is 0 Å². The molecule has 2 bridgehead atoms. The lowest BCUT2D eigenvalue weighted by molar-refractivity contribution is 0.0572. The highest BCUT2D eigenvalue weighted by Gasteiger charge is 2.37. The van der Waals surface area contributed by atoms with Crippen molar-refractivity contribution in [1.82, 2.24) is 20.1 Å². The predicted molar refractivity (Wildman–Crippen MR) is 92.8 cm³/mol. The molecule has 1 saturated heterocycles. The van der Waals surface area contributed by atoms with E-state index in [1.165, 1.54) is 21.7 Å². The number of halogens is 2. The van der Waals surface area contributed by atoms with Gasteiger partial charge in [0.05, 0.1) is 12.7 Å². The molecule has 1 aromatic heterocycles. The summed E-state index contributed by atoms with van der Waals surface area (Å²) in [5.41, 5.74) is -1.45. The van der Waals surface area contributed by atoms with Gasteiger partial charge in [-0.05, 0) is 6.07 Å². The van der Waals surface area contributed by atoms with Gasteiger partial charge in [-0.25, -0.2) is 8.78 Å². The van der Waals surface area contributed by atoms with Crippen LogP contribution < -0.4 is 16.1 Å². The van der Waals surface area contributed by atoms with Crippen molar-refractivity contribution in [2.45, 2.75) is 12.6 Å². The Hall–Kier alpha value is -3.27. The number of fused-ring (bicyclic) bond motifs is 4.